The number of amides is 1. The summed E-state index contributed by atoms with van der Waals surface area (Å²) in [7, 11) is 3.15. The summed E-state index contributed by atoms with van der Waals surface area (Å²) in [6.45, 7) is 2.06. The molecule has 8 heteroatoms. The Bertz CT molecular complexity index is 1550. The van der Waals surface area contributed by atoms with Gasteiger partial charge in [0.2, 0.25) is 5.78 Å². The number of hydrogen-bond acceptors (Lipinski definition) is 7. The summed E-state index contributed by atoms with van der Waals surface area (Å²) in [5, 5.41) is 11.8. The van der Waals surface area contributed by atoms with Crippen LogP contribution in [0.2, 0.25) is 0 Å². The molecule has 0 aliphatic carbocycles. The van der Waals surface area contributed by atoms with Crippen molar-refractivity contribution in [3.05, 3.63) is 112 Å². The Morgan fingerprint density at radius 1 is 0.974 bits per heavy atom. The Morgan fingerprint density at radius 3 is 2.31 bits per heavy atom. The number of Topliss-reactive ketones (excluding diaryl/α,β-unsaturated/α-hetero) is 1. The van der Waals surface area contributed by atoms with Gasteiger partial charge < -0.3 is 19.5 Å². The molecule has 1 amide bonds. The van der Waals surface area contributed by atoms with Crippen LogP contribution in [-0.4, -0.2) is 47.4 Å². The number of ether oxygens (including phenoxy) is 2. The number of aliphatic hydroxyl groups is 1. The highest BCUT2D eigenvalue weighted by Crippen LogP contribution is 2.41. The zero-order valence-corrected chi connectivity index (χ0v) is 22.7. The van der Waals surface area contributed by atoms with Gasteiger partial charge in [0, 0.05) is 12.1 Å². The van der Waals surface area contributed by atoms with E-state index < -0.39 is 17.7 Å². The molecular formula is C31H28N2O5S. The molecule has 0 bridgehead atoms. The number of thiazole rings is 1. The smallest absolute Gasteiger partial charge is 0.290 e. The van der Waals surface area contributed by atoms with Crippen molar-refractivity contribution in [2.75, 3.05) is 20.8 Å². The van der Waals surface area contributed by atoms with Crippen molar-refractivity contribution in [1.82, 2.24) is 9.88 Å². The number of ketones is 1. The first-order valence-corrected chi connectivity index (χ1v) is 13.3. The van der Waals surface area contributed by atoms with Gasteiger partial charge in [-0.15, -0.1) is 11.3 Å². The van der Waals surface area contributed by atoms with Gasteiger partial charge in [0.15, 0.2) is 17.3 Å². The maximum Gasteiger partial charge on any atom is 0.290 e. The third-order valence-electron chi connectivity index (χ3n) is 6.78. The predicted molar refractivity (Wildman–Crippen MR) is 150 cm³/mol. The molecule has 3 aromatic carbocycles. The summed E-state index contributed by atoms with van der Waals surface area (Å²) in [5.41, 5.74) is 3.21. The van der Waals surface area contributed by atoms with E-state index in [1.165, 1.54) is 11.3 Å². The first-order chi connectivity index (χ1) is 18.9. The Hall–Kier alpha value is -4.43. The van der Waals surface area contributed by atoms with E-state index in [0.717, 1.165) is 16.7 Å². The molecule has 0 radical (unpaired) electrons. The van der Waals surface area contributed by atoms with Crippen LogP contribution in [0.5, 0.6) is 11.5 Å². The third-order valence-corrected chi connectivity index (χ3v) is 7.98. The van der Waals surface area contributed by atoms with Gasteiger partial charge in [-0.1, -0.05) is 66.7 Å². The van der Waals surface area contributed by atoms with Crippen molar-refractivity contribution in [1.29, 1.82) is 0 Å². The number of benzene rings is 3. The van der Waals surface area contributed by atoms with Gasteiger partial charge in [0.05, 0.1) is 36.4 Å². The fourth-order valence-electron chi connectivity index (χ4n) is 4.82. The summed E-state index contributed by atoms with van der Waals surface area (Å²) in [6, 6.07) is 23.8. The fraction of sp³-hybridized carbons (Fsp3) is 0.194. The van der Waals surface area contributed by atoms with Crippen molar-refractivity contribution >= 4 is 23.0 Å². The van der Waals surface area contributed by atoms with E-state index in [4.69, 9.17) is 9.47 Å². The molecule has 5 rings (SSSR count). The Morgan fingerprint density at radius 2 is 1.64 bits per heavy atom. The molecule has 2 heterocycles. The number of methoxy groups -OCH3 is 2. The van der Waals surface area contributed by atoms with Gasteiger partial charge in [-0.3, -0.25) is 9.59 Å². The second-order valence-electron chi connectivity index (χ2n) is 9.14. The number of carbonyl (C=O) groups excluding carboxylic acids is 2. The fourth-order valence-corrected chi connectivity index (χ4v) is 5.84. The number of rotatable bonds is 9. The molecule has 4 aromatic rings. The molecule has 0 spiro atoms. The van der Waals surface area contributed by atoms with Crippen molar-refractivity contribution in [3.8, 4) is 22.1 Å². The van der Waals surface area contributed by atoms with E-state index in [9.17, 15) is 14.7 Å². The maximum atomic E-state index is 14.0. The van der Waals surface area contributed by atoms with Crippen molar-refractivity contribution < 1.29 is 24.2 Å². The van der Waals surface area contributed by atoms with Crippen molar-refractivity contribution in [2.24, 2.45) is 0 Å². The Balaban J connectivity index is 1.49. The lowest BCUT2D eigenvalue weighted by Gasteiger charge is -2.27. The van der Waals surface area contributed by atoms with E-state index in [-0.39, 0.29) is 17.9 Å². The number of carbonyl (C=O) groups is 2. The standard InChI is InChI=1S/C31H28N2O5S/c1-19-29(39-30(32-19)22-12-8-5-9-13-22)27(34)25-26(21-10-6-4-7-11-21)33(31(36)28(25)35)17-16-20-14-15-23(37-2)24(18-20)38-3/h4-15,18,26,35H,16-17H2,1-3H3. The zero-order valence-electron chi connectivity index (χ0n) is 21.9. The molecule has 198 valence electrons. The first kappa shape index (κ1) is 26.2. The average Bonchev–Trinajstić information content (AvgIpc) is 3.49. The lowest BCUT2D eigenvalue weighted by atomic mass is 9.95. The number of aryl methyl sites for hydroxylation is 1. The van der Waals surface area contributed by atoms with Crippen LogP contribution in [0.15, 0.2) is 90.2 Å². The topological polar surface area (TPSA) is 89.0 Å². The number of hydrogen-bond donors (Lipinski definition) is 1. The largest absolute Gasteiger partial charge is 0.503 e. The second kappa shape index (κ2) is 11.1. The molecule has 1 aliphatic rings. The zero-order chi connectivity index (χ0) is 27.5. The van der Waals surface area contributed by atoms with Gasteiger partial charge in [-0.25, -0.2) is 4.98 Å². The Labute approximate surface area is 231 Å². The minimum absolute atomic E-state index is 0.0740. The van der Waals surface area contributed by atoms with Gasteiger partial charge in [-0.05, 0) is 36.6 Å². The molecule has 1 unspecified atom stereocenters. The number of aliphatic hydroxyl groups excluding tert-OH is 1. The third kappa shape index (κ3) is 5.03. The first-order valence-electron chi connectivity index (χ1n) is 12.5. The van der Waals surface area contributed by atoms with Gasteiger partial charge >= 0.3 is 0 Å². The van der Waals surface area contributed by atoms with Crippen LogP contribution < -0.4 is 9.47 Å². The van der Waals surface area contributed by atoms with E-state index >= 15 is 0 Å². The average molecular weight is 541 g/mol. The van der Waals surface area contributed by atoms with Crippen molar-refractivity contribution in [3.63, 3.8) is 0 Å². The van der Waals surface area contributed by atoms with E-state index in [2.05, 4.69) is 4.98 Å². The van der Waals surface area contributed by atoms with Crippen LogP contribution in [0.3, 0.4) is 0 Å². The lowest BCUT2D eigenvalue weighted by Crippen LogP contribution is -2.33. The van der Waals surface area contributed by atoms with Crippen LogP contribution in [0.4, 0.5) is 0 Å². The minimum Gasteiger partial charge on any atom is -0.503 e. The Kier molecular flexibility index (Phi) is 7.47. The summed E-state index contributed by atoms with van der Waals surface area (Å²) >= 11 is 1.27. The summed E-state index contributed by atoms with van der Waals surface area (Å²) in [6.07, 6.45) is 0.488. The molecule has 39 heavy (non-hydrogen) atoms. The van der Waals surface area contributed by atoms with Gasteiger partial charge in [0.1, 0.15) is 5.01 Å². The maximum absolute atomic E-state index is 14.0. The molecule has 0 saturated carbocycles. The van der Waals surface area contributed by atoms with Crippen LogP contribution in [-0.2, 0) is 11.2 Å². The molecule has 1 N–H and O–H groups in total. The molecule has 1 atom stereocenters. The highest BCUT2D eigenvalue weighted by atomic mass is 32.1. The van der Waals surface area contributed by atoms with Crippen LogP contribution >= 0.6 is 11.3 Å². The highest BCUT2D eigenvalue weighted by Gasteiger charge is 2.44. The van der Waals surface area contributed by atoms with Crippen molar-refractivity contribution in [2.45, 2.75) is 19.4 Å². The molecule has 1 aliphatic heterocycles. The monoisotopic (exact) mass is 540 g/mol. The molecule has 0 saturated heterocycles. The van der Waals surface area contributed by atoms with Crippen LogP contribution in [0.25, 0.3) is 10.6 Å². The summed E-state index contributed by atoms with van der Waals surface area (Å²) in [5.74, 6) is -0.273. The highest BCUT2D eigenvalue weighted by molar-refractivity contribution is 7.17. The van der Waals surface area contributed by atoms with E-state index in [0.29, 0.717) is 33.5 Å². The second-order valence-corrected chi connectivity index (χ2v) is 10.1. The van der Waals surface area contributed by atoms with E-state index in [1.807, 2.05) is 78.9 Å². The van der Waals surface area contributed by atoms with Gasteiger partial charge in [0.25, 0.3) is 5.91 Å². The minimum atomic E-state index is -0.729. The van der Waals surface area contributed by atoms with Crippen LogP contribution in [0.1, 0.15) is 32.5 Å². The SMILES string of the molecule is COc1ccc(CCN2C(=O)C(O)=C(C(=O)c3sc(-c4ccccc4)nc3C)C2c2ccccc2)cc1OC. The molecule has 0 fully saturated rings. The molecular weight excluding hydrogens is 512 g/mol. The predicted octanol–water partition coefficient (Wildman–Crippen LogP) is 5.96. The van der Waals surface area contributed by atoms with E-state index in [1.54, 1.807) is 26.0 Å². The molecule has 1 aromatic heterocycles. The number of aromatic nitrogens is 1. The van der Waals surface area contributed by atoms with Gasteiger partial charge in [-0.2, -0.15) is 0 Å². The quantitative estimate of drug-likeness (QED) is 0.264. The van der Waals surface area contributed by atoms with Crippen LogP contribution in [0, 0.1) is 6.92 Å². The number of nitrogens with zero attached hydrogens (tertiary/aromatic N) is 2. The summed E-state index contributed by atoms with van der Waals surface area (Å²) in [4.78, 5) is 34.0. The summed E-state index contributed by atoms with van der Waals surface area (Å²) < 4.78 is 10.7. The molecule has 7 nitrogen and oxygen atoms in total. The normalized spacial score (nSPS) is 15.1. The lowest BCUT2D eigenvalue weighted by molar-refractivity contribution is -0.129.